The molecule has 1 N–H and O–H groups in total. The maximum Gasteiger partial charge on any atom is 0.347 e. The van der Waals surface area contributed by atoms with Gasteiger partial charge in [0.15, 0.2) is 0 Å². The van der Waals surface area contributed by atoms with Crippen LogP contribution in [0, 0.1) is 5.41 Å². The van der Waals surface area contributed by atoms with Gasteiger partial charge in [-0.15, -0.1) is 0 Å². The zero-order valence-electron chi connectivity index (χ0n) is 7.57. The summed E-state index contributed by atoms with van der Waals surface area (Å²) in [4.78, 5) is 0. The van der Waals surface area contributed by atoms with Crippen LogP contribution in [0.2, 0.25) is 0 Å². The molecule has 0 aliphatic rings. The zero-order chi connectivity index (χ0) is 9.99. The monoisotopic (exact) mass is 200 g/mol. The molecule has 74 valence electrons. The van der Waals surface area contributed by atoms with Crippen molar-refractivity contribution in [1.29, 1.82) is 0 Å². The Hall–Kier alpha value is 0.110. The Morgan fingerprint density at radius 2 is 1.75 bits per heavy atom. The molecular weight excluding hydrogens is 186 g/mol. The lowest BCUT2D eigenvalue weighted by molar-refractivity contribution is -0.0483. The minimum Gasteiger partial charge on any atom is -0.385 e. The fourth-order valence-corrected chi connectivity index (χ4v) is 0.843. The summed E-state index contributed by atoms with van der Waals surface area (Å²) in [6.07, 6.45) is -1.19. The van der Waals surface area contributed by atoms with Crippen LogP contribution in [0.1, 0.15) is 33.6 Å². The topological polar surface area (TPSA) is 20.2 Å². The van der Waals surface area contributed by atoms with E-state index in [-0.39, 0.29) is 11.8 Å². The summed E-state index contributed by atoms with van der Waals surface area (Å²) >= 11 is 4.63. The zero-order valence-corrected chi connectivity index (χ0v) is 8.33. The molecule has 0 radical (unpaired) electrons. The first-order valence-corrected chi connectivity index (χ1v) is 4.25. The molecule has 0 heterocycles. The number of hydrogen-bond acceptors (Lipinski definition) is 1. The number of halogens is 3. The summed E-state index contributed by atoms with van der Waals surface area (Å²) in [5.41, 5.74) is -0.0525. The highest BCUT2D eigenvalue weighted by Gasteiger charge is 2.35. The van der Waals surface area contributed by atoms with Gasteiger partial charge in [0.25, 0.3) is 0 Å². The van der Waals surface area contributed by atoms with E-state index in [0.717, 1.165) is 0 Å². The first-order valence-electron chi connectivity index (χ1n) is 3.88. The molecule has 0 rings (SSSR count). The molecule has 0 bridgehead atoms. The molecule has 0 aromatic carbocycles. The number of aliphatic hydroxyl groups excluding tert-OH is 1. The Bertz CT molecular complexity index is 137. The molecule has 0 spiro atoms. The summed E-state index contributed by atoms with van der Waals surface area (Å²) in [5.74, 6) is 0. The third-order valence-corrected chi connectivity index (χ3v) is 1.80. The molecule has 0 aromatic rings. The third-order valence-electron chi connectivity index (χ3n) is 1.55. The molecule has 12 heavy (non-hydrogen) atoms. The van der Waals surface area contributed by atoms with E-state index < -0.39 is 11.5 Å². The van der Waals surface area contributed by atoms with Gasteiger partial charge in [-0.25, -0.2) is 0 Å². The third kappa shape index (κ3) is 5.72. The normalized spacial score (nSPS) is 16.2. The van der Waals surface area contributed by atoms with Gasteiger partial charge < -0.3 is 5.11 Å². The lowest BCUT2D eigenvalue weighted by Crippen LogP contribution is -2.28. The first-order chi connectivity index (χ1) is 5.13. The molecule has 1 atom stereocenters. The average molecular weight is 201 g/mol. The van der Waals surface area contributed by atoms with Gasteiger partial charge in [-0.1, -0.05) is 20.8 Å². The van der Waals surface area contributed by atoms with Crippen LogP contribution in [0.5, 0.6) is 0 Å². The highest BCUT2D eigenvalue weighted by Crippen LogP contribution is 2.30. The van der Waals surface area contributed by atoms with E-state index in [9.17, 15) is 8.78 Å². The van der Waals surface area contributed by atoms with E-state index in [4.69, 9.17) is 5.11 Å². The van der Waals surface area contributed by atoms with Gasteiger partial charge >= 0.3 is 5.38 Å². The molecular formula is C8H15ClF2O. The Morgan fingerprint density at radius 3 is 2.00 bits per heavy atom. The van der Waals surface area contributed by atoms with Crippen LogP contribution >= 0.6 is 11.6 Å². The lowest BCUT2D eigenvalue weighted by Gasteiger charge is -2.22. The largest absolute Gasteiger partial charge is 0.385 e. The van der Waals surface area contributed by atoms with Gasteiger partial charge in [0.2, 0.25) is 0 Å². The fourth-order valence-electron chi connectivity index (χ4n) is 0.733. The summed E-state index contributed by atoms with van der Waals surface area (Å²) in [7, 11) is 0. The van der Waals surface area contributed by atoms with E-state index in [1.54, 1.807) is 0 Å². The quantitative estimate of drug-likeness (QED) is 0.695. The van der Waals surface area contributed by atoms with Crippen molar-refractivity contribution in [1.82, 2.24) is 0 Å². The van der Waals surface area contributed by atoms with Crippen molar-refractivity contribution in [2.75, 3.05) is 0 Å². The van der Waals surface area contributed by atoms with Crippen LogP contribution < -0.4 is 0 Å². The minimum atomic E-state index is -3.49. The van der Waals surface area contributed by atoms with Crippen molar-refractivity contribution in [3.8, 4) is 0 Å². The number of rotatable bonds is 3. The van der Waals surface area contributed by atoms with E-state index >= 15 is 0 Å². The smallest absolute Gasteiger partial charge is 0.347 e. The molecule has 4 heteroatoms. The van der Waals surface area contributed by atoms with E-state index in [1.807, 2.05) is 20.8 Å². The summed E-state index contributed by atoms with van der Waals surface area (Å²) < 4.78 is 24.4. The second-order valence-corrected chi connectivity index (χ2v) is 4.66. The number of alkyl halides is 3. The molecule has 1 nitrogen and oxygen atoms in total. The summed E-state index contributed by atoms with van der Waals surface area (Å²) in [6.45, 7) is 5.77. The van der Waals surface area contributed by atoms with Gasteiger partial charge in [0.05, 0.1) is 0 Å². The van der Waals surface area contributed by atoms with Crippen LogP contribution in [0.15, 0.2) is 0 Å². The second kappa shape index (κ2) is 3.88. The van der Waals surface area contributed by atoms with Gasteiger partial charge in [0.1, 0.15) is 6.10 Å². The Kier molecular flexibility index (Phi) is 3.91. The second-order valence-electron chi connectivity index (χ2n) is 4.16. The first kappa shape index (κ1) is 12.1. The molecule has 0 aliphatic carbocycles. The van der Waals surface area contributed by atoms with Crippen LogP contribution in [0.25, 0.3) is 0 Å². The van der Waals surface area contributed by atoms with Crippen molar-refractivity contribution < 1.29 is 13.9 Å². The molecule has 0 aromatic heterocycles. The SMILES string of the molecule is CC(C)(C)CCC(O)C(F)(F)Cl. The lowest BCUT2D eigenvalue weighted by atomic mass is 9.89. The predicted octanol–water partition coefficient (Wildman–Crippen LogP) is 3.01. The van der Waals surface area contributed by atoms with Crippen molar-refractivity contribution >= 4 is 11.6 Å². The van der Waals surface area contributed by atoms with Gasteiger partial charge in [0, 0.05) is 0 Å². The maximum absolute atomic E-state index is 12.2. The van der Waals surface area contributed by atoms with Crippen molar-refractivity contribution in [3.05, 3.63) is 0 Å². The fraction of sp³-hybridized carbons (Fsp3) is 1.00. The van der Waals surface area contributed by atoms with Gasteiger partial charge in [-0.3, -0.25) is 0 Å². The van der Waals surface area contributed by atoms with E-state index in [0.29, 0.717) is 6.42 Å². The van der Waals surface area contributed by atoms with E-state index in [1.165, 1.54) is 0 Å². The molecule has 0 aliphatic heterocycles. The molecule has 0 saturated carbocycles. The van der Waals surface area contributed by atoms with Crippen molar-refractivity contribution in [2.45, 2.75) is 45.1 Å². The van der Waals surface area contributed by atoms with Crippen LogP contribution in [0.4, 0.5) is 8.78 Å². The highest BCUT2D eigenvalue weighted by molar-refractivity contribution is 6.22. The van der Waals surface area contributed by atoms with Crippen LogP contribution in [0.3, 0.4) is 0 Å². The summed E-state index contributed by atoms with van der Waals surface area (Å²) in [6, 6.07) is 0. The average Bonchev–Trinajstić information content (AvgIpc) is 1.78. The Morgan fingerprint density at radius 1 is 1.33 bits per heavy atom. The number of aliphatic hydroxyl groups is 1. The maximum atomic E-state index is 12.2. The molecule has 1 unspecified atom stereocenters. The van der Waals surface area contributed by atoms with Crippen molar-refractivity contribution in [2.24, 2.45) is 5.41 Å². The molecule has 0 fully saturated rings. The Balaban J connectivity index is 3.80. The molecule has 0 saturated heterocycles. The van der Waals surface area contributed by atoms with E-state index in [2.05, 4.69) is 11.6 Å². The predicted molar refractivity (Wildman–Crippen MR) is 45.5 cm³/mol. The van der Waals surface area contributed by atoms with Gasteiger partial charge in [-0.05, 0) is 29.9 Å². The minimum absolute atomic E-state index is 0.0278. The van der Waals surface area contributed by atoms with Gasteiger partial charge in [-0.2, -0.15) is 8.78 Å². The Labute approximate surface area is 76.7 Å². The molecule has 0 amide bonds. The highest BCUT2D eigenvalue weighted by atomic mass is 35.5. The van der Waals surface area contributed by atoms with Crippen LogP contribution in [-0.4, -0.2) is 16.6 Å². The summed E-state index contributed by atoms with van der Waals surface area (Å²) in [5, 5.41) is 5.37. The van der Waals surface area contributed by atoms with Crippen molar-refractivity contribution in [3.63, 3.8) is 0 Å². The van der Waals surface area contributed by atoms with Crippen LogP contribution in [-0.2, 0) is 0 Å². The number of hydrogen-bond donors (Lipinski definition) is 1. The standard InChI is InChI=1S/C8H15ClF2O/c1-7(2,3)5-4-6(12)8(9,10)11/h6,12H,4-5H2,1-3H3.